The number of hydrogen-bond acceptors (Lipinski definition) is 2. The van der Waals surface area contributed by atoms with Crippen LogP contribution in [0.4, 0.5) is 0 Å². The Morgan fingerprint density at radius 3 is 2.75 bits per heavy atom. The second kappa shape index (κ2) is 10.9. The molecule has 1 aromatic rings. The lowest BCUT2D eigenvalue weighted by Gasteiger charge is -2.17. The Morgan fingerprint density at radius 2 is 2.15 bits per heavy atom. The van der Waals surface area contributed by atoms with Crippen molar-refractivity contribution < 1.29 is 4.74 Å². The predicted octanol–water partition coefficient (Wildman–Crippen LogP) is 2.36. The SMILES string of the molecule is CN=C(NCCc1cccc(C)c1)NC(C)COC.I. The van der Waals surface area contributed by atoms with Gasteiger partial charge in [0, 0.05) is 26.7 Å². The van der Waals surface area contributed by atoms with Gasteiger partial charge < -0.3 is 15.4 Å². The Hall–Kier alpha value is -0.820. The molecule has 0 heterocycles. The summed E-state index contributed by atoms with van der Waals surface area (Å²) in [4.78, 5) is 4.20. The molecule has 0 amide bonds. The summed E-state index contributed by atoms with van der Waals surface area (Å²) in [6.45, 7) is 5.71. The van der Waals surface area contributed by atoms with Gasteiger partial charge in [-0.3, -0.25) is 4.99 Å². The van der Waals surface area contributed by atoms with E-state index < -0.39 is 0 Å². The first-order valence-electron chi connectivity index (χ1n) is 6.67. The molecule has 5 heteroatoms. The lowest BCUT2D eigenvalue weighted by molar-refractivity contribution is 0.179. The number of methoxy groups -OCH3 is 1. The van der Waals surface area contributed by atoms with Gasteiger partial charge in [0.2, 0.25) is 0 Å². The van der Waals surface area contributed by atoms with Crippen molar-refractivity contribution >= 4 is 29.9 Å². The molecule has 1 atom stereocenters. The monoisotopic (exact) mass is 391 g/mol. The average molecular weight is 391 g/mol. The topological polar surface area (TPSA) is 45.7 Å². The minimum Gasteiger partial charge on any atom is -0.383 e. The largest absolute Gasteiger partial charge is 0.383 e. The van der Waals surface area contributed by atoms with Gasteiger partial charge in [0.05, 0.1) is 6.61 Å². The summed E-state index contributed by atoms with van der Waals surface area (Å²) in [5.41, 5.74) is 2.64. The fourth-order valence-electron chi connectivity index (χ4n) is 1.91. The van der Waals surface area contributed by atoms with Gasteiger partial charge >= 0.3 is 0 Å². The van der Waals surface area contributed by atoms with Crippen molar-refractivity contribution in [3.8, 4) is 0 Å². The van der Waals surface area contributed by atoms with E-state index in [2.05, 4.69) is 53.7 Å². The Bertz CT molecular complexity index is 410. The summed E-state index contributed by atoms with van der Waals surface area (Å²) in [5.74, 6) is 0.817. The van der Waals surface area contributed by atoms with E-state index in [0.29, 0.717) is 6.61 Å². The van der Waals surface area contributed by atoms with Crippen LogP contribution in [0.2, 0.25) is 0 Å². The third kappa shape index (κ3) is 7.69. The highest BCUT2D eigenvalue weighted by Gasteiger charge is 2.03. The van der Waals surface area contributed by atoms with E-state index >= 15 is 0 Å². The van der Waals surface area contributed by atoms with Crippen molar-refractivity contribution in [2.45, 2.75) is 26.3 Å². The van der Waals surface area contributed by atoms with Crippen LogP contribution in [0.5, 0.6) is 0 Å². The summed E-state index contributed by atoms with van der Waals surface area (Å²) in [7, 11) is 3.48. The minimum atomic E-state index is 0. The van der Waals surface area contributed by atoms with E-state index in [-0.39, 0.29) is 30.0 Å². The van der Waals surface area contributed by atoms with Crippen molar-refractivity contribution in [3.63, 3.8) is 0 Å². The molecule has 0 saturated heterocycles. The van der Waals surface area contributed by atoms with Gasteiger partial charge in [-0.15, -0.1) is 24.0 Å². The fourth-order valence-corrected chi connectivity index (χ4v) is 1.91. The van der Waals surface area contributed by atoms with Crippen LogP contribution in [0.1, 0.15) is 18.1 Å². The van der Waals surface area contributed by atoms with E-state index in [9.17, 15) is 0 Å². The third-order valence-electron chi connectivity index (χ3n) is 2.81. The highest BCUT2D eigenvalue weighted by molar-refractivity contribution is 14.0. The van der Waals surface area contributed by atoms with Gasteiger partial charge in [-0.25, -0.2) is 0 Å². The number of aliphatic imine (C=N–C) groups is 1. The molecule has 1 rings (SSSR count). The normalized spacial score (nSPS) is 12.5. The molecule has 0 aliphatic rings. The van der Waals surface area contributed by atoms with Gasteiger partial charge in [-0.05, 0) is 25.8 Å². The zero-order valence-electron chi connectivity index (χ0n) is 12.8. The van der Waals surface area contributed by atoms with E-state index in [4.69, 9.17) is 4.74 Å². The number of rotatable bonds is 6. The Kier molecular flexibility index (Phi) is 10.5. The zero-order valence-corrected chi connectivity index (χ0v) is 15.1. The van der Waals surface area contributed by atoms with E-state index in [1.54, 1.807) is 14.2 Å². The first-order chi connectivity index (χ1) is 9.15. The molecule has 0 aliphatic carbocycles. The van der Waals surface area contributed by atoms with Gasteiger partial charge in [0.25, 0.3) is 0 Å². The van der Waals surface area contributed by atoms with Crippen molar-refractivity contribution in [2.75, 3.05) is 27.3 Å². The van der Waals surface area contributed by atoms with Crippen molar-refractivity contribution in [2.24, 2.45) is 4.99 Å². The second-order valence-corrected chi connectivity index (χ2v) is 4.74. The van der Waals surface area contributed by atoms with Crippen LogP contribution >= 0.6 is 24.0 Å². The molecule has 0 aliphatic heterocycles. The van der Waals surface area contributed by atoms with Gasteiger partial charge in [0.15, 0.2) is 5.96 Å². The third-order valence-corrected chi connectivity index (χ3v) is 2.81. The molecule has 1 aromatic carbocycles. The van der Waals surface area contributed by atoms with Crippen LogP contribution in [0.3, 0.4) is 0 Å². The Balaban J connectivity index is 0.00000361. The number of aryl methyl sites for hydroxylation is 1. The van der Waals surface area contributed by atoms with E-state index in [1.807, 2.05) is 0 Å². The van der Waals surface area contributed by atoms with Crippen LogP contribution in [0, 0.1) is 6.92 Å². The van der Waals surface area contributed by atoms with Crippen molar-refractivity contribution in [3.05, 3.63) is 35.4 Å². The van der Waals surface area contributed by atoms with E-state index in [0.717, 1.165) is 18.9 Å². The predicted molar refractivity (Wildman–Crippen MR) is 96.1 cm³/mol. The zero-order chi connectivity index (χ0) is 14.1. The first-order valence-corrected chi connectivity index (χ1v) is 6.67. The summed E-state index contributed by atoms with van der Waals surface area (Å²) in [6, 6.07) is 8.82. The second-order valence-electron chi connectivity index (χ2n) is 4.74. The first kappa shape index (κ1) is 19.2. The van der Waals surface area contributed by atoms with Gasteiger partial charge in [-0.2, -0.15) is 0 Å². The molecule has 0 bridgehead atoms. The summed E-state index contributed by atoms with van der Waals surface area (Å²) in [6.07, 6.45) is 0.987. The van der Waals surface area contributed by atoms with E-state index in [1.165, 1.54) is 11.1 Å². The highest BCUT2D eigenvalue weighted by Crippen LogP contribution is 2.03. The molecule has 0 spiro atoms. The molecule has 1 unspecified atom stereocenters. The number of guanidine groups is 1. The lowest BCUT2D eigenvalue weighted by atomic mass is 10.1. The molecule has 114 valence electrons. The number of ether oxygens (including phenoxy) is 1. The number of benzene rings is 1. The molecule has 20 heavy (non-hydrogen) atoms. The molecule has 0 fully saturated rings. The average Bonchev–Trinajstić information content (AvgIpc) is 2.38. The number of nitrogens with one attached hydrogen (secondary N) is 2. The Labute approximate surface area is 139 Å². The molecule has 0 radical (unpaired) electrons. The number of nitrogens with zero attached hydrogens (tertiary/aromatic N) is 1. The number of hydrogen-bond donors (Lipinski definition) is 2. The minimum absolute atomic E-state index is 0. The molecule has 4 nitrogen and oxygen atoms in total. The van der Waals surface area contributed by atoms with Crippen LogP contribution < -0.4 is 10.6 Å². The maximum absolute atomic E-state index is 5.09. The van der Waals surface area contributed by atoms with Crippen LogP contribution in [-0.4, -0.2) is 39.3 Å². The maximum atomic E-state index is 5.09. The highest BCUT2D eigenvalue weighted by atomic mass is 127. The summed E-state index contributed by atoms with van der Waals surface area (Å²) in [5, 5.41) is 6.59. The van der Waals surface area contributed by atoms with Gasteiger partial charge in [0.1, 0.15) is 0 Å². The number of halogens is 1. The Morgan fingerprint density at radius 1 is 1.40 bits per heavy atom. The molecular formula is C15H26IN3O. The maximum Gasteiger partial charge on any atom is 0.191 e. The van der Waals surface area contributed by atoms with Gasteiger partial charge in [-0.1, -0.05) is 29.8 Å². The van der Waals surface area contributed by atoms with Crippen LogP contribution in [0.25, 0.3) is 0 Å². The lowest BCUT2D eigenvalue weighted by Crippen LogP contribution is -2.44. The van der Waals surface area contributed by atoms with Crippen molar-refractivity contribution in [1.82, 2.24) is 10.6 Å². The summed E-state index contributed by atoms with van der Waals surface area (Å²) >= 11 is 0. The van der Waals surface area contributed by atoms with Crippen molar-refractivity contribution in [1.29, 1.82) is 0 Å². The van der Waals surface area contributed by atoms with Crippen LogP contribution in [-0.2, 0) is 11.2 Å². The molecule has 0 saturated carbocycles. The smallest absolute Gasteiger partial charge is 0.191 e. The standard InChI is InChI=1S/C15H25N3O.HI/c1-12-6-5-7-14(10-12)8-9-17-15(16-3)18-13(2)11-19-4;/h5-7,10,13H,8-9,11H2,1-4H3,(H2,16,17,18);1H. The summed E-state index contributed by atoms with van der Waals surface area (Å²) < 4.78 is 5.09. The fraction of sp³-hybridized carbons (Fsp3) is 0.533. The van der Waals surface area contributed by atoms with Crippen LogP contribution in [0.15, 0.2) is 29.3 Å². The molecule has 2 N–H and O–H groups in total. The quantitative estimate of drug-likeness (QED) is 0.445. The molecule has 0 aromatic heterocycles. The molecular weight excluding hydrogens is 365 g/mol.